The van der Waals surface area contributed by atoms with Gasteiger partial charge in [0.15, 0.2) is 5.69 Å². The summed E-state index contributed by atoms with van der Waals surface area (Å²) in [6, 6.07) is 3.62. The molecule has 0 amide bonds. The summed E-state index contributed by atoms with van der Waals surface area (Å²) in [5.74, 6) is -0.537. The molecule has 0 saturated heterocycles. The van der Waals surface area contributed by atoms with Crippen molar-refractivity contribution < 1.29 is 9.53 Å². The maximum absolute atomic E-state index is 11.5. The zero-order valence-corrected chi connectivity index (χ0v) is 13.1. The fourth-order valence-corrected chi connectivity index (χ4v) is 2.23. The quantitative estimate of drug-likeness (QED) is 0.628. The van der Waals surface area contributed by atoms with Gasteiger partial charge in [-0.15, -0.1) is 0 Å². The average molecular weight is 302 g/mol. The lowest BCUT2D eigenvalue weighted by Gasteiger charge is -2.04. The number of hydrogen-bond acceptors (Lipinski definition) is 5. The number of carbonyl (C=O) groups excluding carboxylic acids is 1. The van der Waals surface area contributed by atoms with Crippen LogP contribution in [0.1, 0.15) is 43.1 Å². The molecule has 0 aliphatic rings. The van der Waals surface area contributed by atoms with Gasteiger partial charge in [-0.25, -0.2) is 9.78 Å². The van der Waals surface area contributed by atoms with Crippen LogP contribution < -0.4 is 5.73 Å². The molecule has 0 radical (unpaired) electrons. The van der Waals surface area contributed by atoms with E-state index < -0.39 is 5.97 Å². The molecule has 0 atom stereocenters. The van der Waals surface area contributed by atoms with Gasteiger partial charge in [-0.05, 0) is 18.6 Å². The minimum Gasteiger partial charge on any atom is -0.464 e. The second kappa shape index (κ2) is 7.59. The van der Waals surface area contributed by atoms with E-state index >= 15 is 0 Å². The third-order valence-electron chi connectivity index (χ3n) is 3.47. The number of hydrogen-bond donors (Lipinski definition) is 1. The number of anilines is 1. The molecule has 2 rings (SSSR count). The van der Waals surface area contributed by atoms with E-state index in [0.717, 1.165) is 24.2 Å². The van der Waals surface area contributed by atoms with Crippen molar-refractivity contribution in [3.05, 3.63) is 30.2 Å². The van der Waals surface area contributed by atoms with Gasteiger partial charge in [0.1, 0.15) is 0 Å². The zero-order valence-electron chi connectivity index (χ0n) is 13.1. The second-order valence-electron chi connectivity index (χ2n) is 5.18. The van der Waals surface area contributed by atoms with Crippen molar-refractivity contribution in [3.63, 3.8) is 0 Å². The summed E-state index contributed by atoms with van der Waals surface area (Å²) in [5.41, 5.74) is 7.87. The highest BCUT2D eigenvalue weighted by Crippen LogP contribution is 2.21. The lowest BCUT2D eigenvalue weighted by atomic mass is 10.2. The van der Waals surface area contributed by atoms with E-state index in [1.54, 1.807) is 12.3 Å². The fraction of sp³-hybridized carbons (Fsp3) is 0.438. The maximum Gasteiger partial charge on any atom is 0.358 e. The molecule has 0 fully saturated rings. The number of esters is 1. The SMILES string of the molecule is CCCCCCn1ccc(-c2cnc(C(=O)OC)c(N)c2)n1. The molecule has 0 aromatic carbocycles. The van der Waals surface area contributed by atoms with Crippen molar-refractivity contribution in [1.29, 1.82) is 0 Å². The summed E-state index contributed by atoms with van der Waals surface area (Å²) < 4.78 is 6.56. The van der Waals surface area contributed by atoms with Gasteiger partial charge in [-0.3, -0.25) is 4.68 Å². The van der Waals surface area contributed by atoms with Crippen LogP contribution in [0, 0.1) is 0 Å². The Morgan fingerprint density at radius 2 is 2.18 bits per heavy atom. The Bertz CT molecular complexity index is 637. The minimum atomic E-state index is -0.537. The molecule has 118 valence electrons. The molecule has 2 aromatic heterocycles. The lowest BCUT2D eigenvalue weighted by Crippen LogP contribution is -2.08. The highest BCUT2D eigenvalue weighted by atomic mass is 16.5. The van der Waals surface area contributed by atoms with Gasteiger partial charge in [-0.2, -0.15) is 5.10 Å². The molecule has 0 bridgehead atoms. The Hall–Kier alpha value is -2.37. The van der Waals surface area contributed by atoms with E-state index in [9.17, 15) is 4.79 Å². The molecule has 2 N–H and O–H groups in total. The first-order valence-corrected chi connectivity index (χ1v) is 7.53. The number of nitrogens with zero attached hydrogens (tertiary/aromatic N) is 3. The van der Waals surface area contributed by atoms with Crippen LogP contribution in [0.15, 0.2) is 24.5 Å². The van der Waals surface area contributed by atoms with Gasteiger partial charge in [-0.1, -0.05) is 26.2 Å². The molecule has 2 aromatic rings. The van der Waals surface area contributed by atoms with E-state index in [-0.39, 0.29) is 5.69 Å². The molecule has 0 aliphatic carbocycles. The summed E-state index contributed by atoms with van der Waals surface area (Å²) in [6.45, 7) is 3.10. The number of carbonyl (C=O) groups is 1. The van der Waals surface area contributed by atoms with Gasteiger partial charge in [0.2, 0.25) is 0 Å². The third-order valence-corrected chi connectivity index (χ3v) is 3.47. The molecule has 0 aliphatic heterocycles. The number of rotatable bonds is 7. The Morgan fingerprint density at radius 1 is 1.36 bits per heavy atom. The molecular weight excluding hydrogens is 280 g/mol. The topological polar surface area (TPSA) is 83.0 Å². The molecule has 6 nitrogen and oxygen atoms in total. The van der Waals surface area contributed by atoms with E-state index in [4.69, 9.17) is 5.73 Å². The molecule has 0 saturated carbocycles. The second-order valence-corrected chi connectivity index (χ2v) is 5.18. The number of aryl methyl sites for hydroxylation is 1. The Labute approximate surface area is 130 Å². The number of unbranched alkanes of at least 4 members (excludes halogenated alkanes) is 3. The Kier molecular flexibility index (Phi) is 5.52. The largest absolute Gasteiger partial charge is 0.464 e. The van der Waals surface area contributed by atoms with Crippen molar-refractivity contribution in [1.82, 2.24) is 14.8 Å². The average Bonchev–Trinajstić information content (AvgIpc) is 2.99. The van der Waals surface area contributed by atoms with Crippen molar-refractivity contribution in [2.75, 3.05) is 12.8 Å². The Morgan fingerprint density at radius 3 is 2.86 bits per heavy atom. The first kappa shape index (κ1) is 16.0. The van der Waals surface area contributed by atoms with Crippen LogP contribution in [-0.4, -0.2) is 27.8 Å². The van der Waals surface area contributed by atoms with Gasteiger partial charge >= 0.3 is 5.97 Å². The van der Waals surface area contributed by atoms with Crippen LogP contribution in [-0.2, 0) is 11.3 Å². The predicted molar refractivity (Wildman–Crippen MR) is 85.4 cm³/mol. The van der Waals surface area contributed by atoms with Gasteiger partial charge < -0.3 is 10.5 Å². The van der Waals surface area contributed by atoms with Crippen LogP contribution in [0.5, 0.6) is 0 Å². The van der Waals surface area contributed by atoms with E-state index in [0.29, 0.717) is 5.69 Å². The van der Waals surface area contributed by atoms with Crippen LogP contribution >= 0.6 is 0 Å². The number of nitrogen functional groups attached to an aromatic ring is 1. The van der Waals surface area contributed by atoms with Crippen LogP contribution in [0.25, 0.3) is 11.3 Å². The lowest BCUT2D eigenvalue weighted by molar-refractivity contribution is 0.0595. The van der Waals surface area contributed by atoms with E-state index in [1.165, 1.54) is 26.4 Å². The summed E-state index contributed by atoms with van der Waals surface area (Å²) in [7, 11) is 1.30. The van der Waals surface area contributed by atoms with Gasteiger partial charge in [0.25, 0.3) is 0 Å². The maximum atomic E-state index is 11.5. The monoisotopic (exact) mass is 302 g/mol. The van der Waals surface area contributed by atoms with Crippen molar-refractivity contribution in [2.24, 2.45) is 0 Å². The summed E-state index contributed by atoms with van der Waals surface area (Å²) in [6.07, 6.45) is 8.36. The Balaban J connectivity index is 2.07. The smallest absolute Gasteiger partial charge is 0.358 e. The van der Waals surface area contributed by atoms with Crippen LogP contribution in [0.2, 0.25) is 0 Å². The first-order valence-electron chi connectivity index (χ1n) is 7.53. The molecule has 22 heavy (non-hydrogen) atoms. The highest BCUT2D eigenvalue weighted by molar-refractivity contribution is 5.93. The first-order chi connectivity index (χ1) is 10.7. The number of aromatic nitrogens is 3. The van der Waals surface area contributed by atoms with Crippen molar-refractivity contribution in [3.8, 4) is 11.3 Å². The molecule has 0 spiro atoms. The number of nitrogens with two attached hydrogens (primary N) is 1. The van der Waals surface area contributed by atoms with E-state index in [2.05, 4.69) is 21.7 Å². The number of pyridine rings is 1. The van der Waals surface area contributed by atoms with Crippen molar-refractivity contribution >= 4 is 11.7 Å². The highest BCUT2D eigenvalue weighted by Gasteiger charge is 2.13. The van der Waals surface area contributed by atoms with Gasteiger partial charge in [0.05, 0.1) is 18.5 Å². The molecule has 6 heteroatoms. The summed E-state index contributed by atoms with van der Waals surface area (Å²) >= 11 is 0. The minimum absolute atomic E-state index is 0.130. The summed E-state index contributed by atoms with van der Waals surface area (Å²) in [4.78, 5) is 15.5. The predicted octanol–water partition coefficient (Wildman–Crippen LogP) is 2.89. The zero-order chi connectivity index (χ0) is 15.9. The summed E-state index contributed by atoms with van der Waals surface area (Å²) in [5, 5.41) is 4.52. The molecule has 2 heterocycles. The van der Waals surface area contributed by atoms with Crippen LogP contribution in [0.4, 0.5) is 5.69 Å². The normalized spacial score (nSPS) is 10.6. The molecule has 0 unspecified atom stereocenters. The van der Waals surface area contributed by atoms with Crippen LogP contribution in [0.3, 0.4) is 0 Å². The standard InChI is InChI=1S/C16H22N4O2/c1-3-4-5-6-8-20-9-7-14(19-20)12-10-13(17)15(18-11-12)16(21)22-2/h7,9-11H,3-6,8,17H2,1-2H3. The van der Waals surface area contributed by atoms with Crippen molar-refractivity contribution in [2.45, 2.75) is 39.2 Å². The number of methoxy groups -OCH3 is 1. The number of ether oxygens (including phenoxy) is 1. The third kappa shape index (κ3) is 3.84. The van der Waals surface area contributed by atoms with Gasteiger partial charge in [0, 0.05) is 24.5 Å². The fourth-order valence-electron chi connectivity index (χ4n) is 2.23. The van der Waals surface area contributed by atoms with E-state index in [1.807, 2.05) is 16.9 Å². The molecular formula is C16H22N4O2.